The van der Waals surface area contributed by atoms with Gasteiger partial charge in [0.05, 0.1) is 6.61 Å². The number of carbonyl (C=O) groups is 1. The normalized spacial score (nSPS) is 12.7. The third-order valence-electron chi connectivity index (χ3n) is 2.32. The highest BCUT2D eigenvalue weighted by atomic mass is 32.2. The van der Waals surface area contributed by atoms with Crippen LogP contribution >= 0.6 is 0 Å². The van der Waals surface area contributed by atoms with Gasteiger partial charge in [0.25, 0.3) is 0 Å². The molecule has 0 bridgehead atoms. The second-order valence-electron chi connectivity index (χ2n) is 3.73. The van der Waals surface area contributed by atoms with Crippen molar-refractivity contribution in [2.45, 2.75) is 5.92 Å². The zero-order valence-electron chi connectivity index (χ0n) is 10.4. The summed E-state index contributed by atoms with van der Waals surface area (Å²) in [6.45, 7) is -0.209. The van der Waals surface area contributed by atoms with Gasteiger partial charge in [-0.2, -0.15) is 8.42 Å². The van der Waals surface area contributed by atoms with Crippen molar-refractivity contribution in [3.63, 3.8) is 0 Å². The monoisotopic (exact) mass is 288 g/mol. The summed E-state index contributed by atoms with van der Waals surface area (Å²) in [5.74, 6) is -0.420. The summed E-state index contributed by atoms with van der Waals surface area (Å²) in [7, 11) is -2.60. The molecule has 0 saturated heterocycles. The van der Waals surface area contributed by atoms with E-state index < -0.39 is 22.3 Å². The Morgan fingerprint density at radius 3 is 2.47 bits per heavy atom. The predicted octanol–water partition coefficient (Wildman–Crippen LogP) is 0.346. The minimum atomic E-state index is -4.03. The smallest absolute Gasteiger partial charge is 0.406 e. The van der Waals surface area contributed by atoms with E-state index in [9.17, 15) is 13.2 Å². The SMILES string of the molecule is CNC(=O)OC[C@@H](COS(N)(=O)=O)c1ccccc1. The van der Waals surface area contributed by atoms with Gasteiger partial charge < -0.3 is 10.1 Å². The van der Waals surface area contributed by atoms with Crippen molar-refractivity contribution < 1.29 is 22.1 Å². The highest BCUT2D eigenvalue weighted by molar-refractivity contribution is 7.84. The molecule has 0 aromatic heterocycles. The predicted molar refractivity (Wildman–Crippen MR) is 68.6 cm³/mol. The molecule has 106 valence electrons. The second-order valence-corrected chi connectivity index (χ2v) is 4.95. The molecule has 1 atom stereocenters. The fraction of sp³-hybridized carbons (Fsp3) is 0.364. The molecule has 1 amide bonds. The maximum Gasteiger partial charge on any atom is 0.406 e. The van der Waals surface area contributed by atoms with E-state index in [1.807, 2.05) is 6.07 Å². The molecule has 19 heavy (non-hydrogen) atoms. The molecule has 0 unspecified atom stereocenters. The number of carbonyl (C=O) groups excluding carboxylic acids is 1. The van der Waals surface area contributed by atoms with Crippen LogP contribution in [0.3, 0.4) is 0 Å². The van der Waals surface area contributed by atoms with Crippen LogP contribution in [-0.2, 0) is 19.2 Å². The standard InChI is InChI=1S/C11H16N2O5S/c1-13-11(14)17-7-10(8-18-19(12,15)16)9-5-3-2-4-6-9/h2-6,10H,7-8H2,1H3,(H,13,14)(H2,12,15,16)/t10-/m0/s1. The molecule has 0 fully saturated rings. The third-order valence-corrected chi connectivity index (χ3v) is 2.79. The quantitative estimate of drug-likeness (QED) is 0.785. The summed E-state index contributed by atoms with van der Waals surface area (Å²) in [4.78, 5) is 11.0. The molecule has 8 heteroatoms. The number of ether oxygens (including phenoxy) is 1. The van der Waals surface area contributed by atoms with Crippen molar-refractivity contribution in [2.24, 2.45) is 5.14 Å². The first-order valence-electron chi connectivity index (χ1n) is 5.49. The number of nitrogens with two attached hydrogens (primary N) is 1. The molecule has 0 aliphatic rings. The van der Waals surface area contributed by atoms with Crippen LogP contribution in [0.25, 0.3) is 0 Å². The van der Waals surface area contributed by atoms with Crippen LogP contribution in [0.5, 0.6) is 0 Å². The van der Waals surface area contributed by atoms with E-state index in [1.165, 1.54) is 7.05 Å². The molecular formula is C11H16N2O5S. The minimum Gasteiger partial charge on any atom is -0.449 e. The van der Waals surface area contributed by atoms with Gasteiger partial charge in [0, 0.05) is 13.0 Å². The third kappa shape index (κ3) is 6.18. The van der Waals surface area contributed by atoms with Gasteiger partial charge in [-0.3, -0.25) is 4.18 Å². The summed E-state index contributed by atoms with van der Waals surface area (Å²) in [5.41, 5.74) is 0.787. The van der Waals surface area contributed by atoms with Crippen molar-refractivity contribution in [1.82, 2.24) is 5.32 Å². The van der Waals surface area contributed by atoms with E-state index in [2.05, 4.69) is 9.50 Å². The van der Waals surface area contributed by atoms with Crippen molar-refractivity contribution >= 4 is 16.4 Å². The largest absolute Gasteiger partial charge is 0.449 e. The van der Waals surface area contributed by atoms with Crippen LogP contribution in [0.2, 0.25) is 0 Å². The van der Waals surface area contributed by atoms with Crippen molar-refractivity contribution in [3.05, 3.63) is 35.9 Å². The van der Waals surface area contributed by atoms with E-state index in [0.29, 0.717) is 0 Å². The Hall–Kier alpha value is -1.64. The number of nitrogens with one attached hydrogen (secondary N) is 1. The average molecular weight is 288 g/mol. The Kier molecular flexibility index (Phi) is 5.74. The molecule has 1 aromatic rings. The number of rotatable bonds is 6. The lowest BCUT2D eigenvalue weighted by Gasteiger charge is -2.16. The molecule has 1 aromatic carbocycles. The van der Waals surface area contributed by atoms with E-state index in [0.717, 1.165) is 5.56 Å². The summed E-state index contributed by atoms with van der Waals surface area (Å²) in [5, 5.41) is 7.07. The number of hydrogen-bond donors (Lipinski definition) is 2. The Bertz CT molecular complexity index is 503. The number of alkyl carbamates (subject to hydrolysis) is 1. The van der Waals surface area contributed by atoms with Gasteiger partial charge in [-0.25, -0.2) is 9.93 Å². The molecule has 3 N–H and O–H groups in total. The lowest BCUT2D eigenvalue weighted by Crippen LogP contribution is -2.26. The Morgan fingerprint density at radius 2 is 1.95 bits per heavy atom. The summed E-state index contributed by atoms with van der Waals surface area (Å²) < 4.78 is 31.1. The Labute approximate surface area is 112 Å². The van der Waals surface area contributed by atoms with Crippen molar-refractivity contribution in [2.75, 3.05) is 20.3 Å². The topological polar surface area (TPSA) is 108 Å². The second kappa shape index (κ2) is 7.07. The van der Waals surface area contributed by atoms with Crippen molar-refractivity contribution in [1.29, 1.82) is 0 Å². The molecule has 0 spiro atoms. The number of benzene rings is 1. The van der Waals surface area contributed by atoms with E-state index in [-0.39, 0.29) is 13.2 Å². The molecule has 0 heterocycles. The van der Waals surface area contributed by atoms with Crippen LogP contribution in [0.15, 0.2) is 30.3 Å². The molecule has 0 radical (unpaired) electrons. The molecular weight excluding hydrogens is 272 g/mol. The molecule has 0 aliphatic carbocycles. The fourth-order valence-corrected chi connectivity index (χ4v) is 1.75. The number of hydrogen-bond acceptors (Lipinski definition) is 5. The van der Waals surface area contributed by atoms with Crippen LogP contribution in [0.1, 0.15) is 11.5 Å². The first-order valence-corrected chi connectivity index (χ1v) is 6.96. The van der Waals surface area contributed by atoms with Crippen LogP contribution in [0, 0.1) is 0 Å². The van der Waals surface area contributed by atoms with E-state index in [4.69, 9.17) is 9.88 Å². The lowest BCUT2D eigenvalue weighted by molar-refractivity contribution is 0.130. The van der Waals surface area contributed by atoms with Gasteiger partial charge >= 0.3 is 16.4 Å². The summed E-state index contributed by atoms with van der Waals surface area (Å²) in [6.07, 6.45) is -0.600. The van der Waals surface area contributed by atoms with Gasteiger partial charge in [0.15, 0.2) is 0 Å². The van der Waals surface area contributed by atoms with Crippen LogP contribution < -0.4 is 10.5 Å². The first kappa shape index (κ1) is 15.4. The highest BCUT2D eigenvalue weighted by Crippen LogP contribution is 2.17. The maximum absolute atomic E-state index is 11.0. The minimum absolute atomic E-state index is 0.0147. The molecule has 0 aliphatic heterocycles. The van der Waals surface area contributed by atoms with Crippen LogP contribution in [-0.4, -0.2) is 34.8 Å². The molecule has 1 rings (SSSR count). The van der Waals surface area contributed by atoms with Crippen LogP contribution in [0.4, 0.5) is 4.79 Å². The number of amides is 1. The molecule has 0 saturated carbocycles. The first-order chi connectivity index (χ1) is 8.92. The Balaban J connectivity index is 2.71. The van der Waals surface area contributed by atoms with Gasteiger partial charge in [0.2, 0.25) is 0 Å². The van der Waals surface area contributed by atoms with Crippen molar-refractivity contribution in [3.8, 4) is 0 Å². The van der Waals surface area contributed by atoms with E-state index >= 15 is 0 Å². The lowest BCUT2D eigenvalue weighted by atomic mass is 10.0. The van der Waals surface area contributed by atoms with Gasteiger partial charge in [-0.15, -0.1) is 0 Å². The zero-order valence-corrected chi connectivity index (χ0v) is 11.2. The van der Waals surface area contributed by atoms with Gasteiger partial charge in [-0.05, 0) is 5.56 Å². The summed E-state index contributed by atoms with van der Waals surface area (Å²) in [6, 6.07) is 8.97. The maximum atomic E-state index is 11.0. The average Bonchev–Trinajstić information content (AvgIpc) is 2.38. The van der Waals surface area contributed by atoms with Gasteiger partial charge in [0.1, 0.15) is 6.61 Å². The zero-order chi connectivity index (χ0) is 14.3. The Morgan fingerprint density at radius 1 is 1.32 bits per heavy atom. The van der Waals surface area contributed by atoms with Gasteiger partial charge in [-0.1, -0.05) is 30.3 Å². The molecule has 7 nitrogen and oxygen atoms in total. The van der Waals surface area contributed by atoms with E-state index in [1.54, 1.807) is 24.3 Å². The summed E-state index contributed by atoms with van der Waals surface area (Å²) >= 11 is 0. The highest BCUT2D eigenvalue weighted by Gasteiger charge is 2.17. The fourth-order valence-electron chi connectivity index (χ4n) is 1.39.